The van der Waals surface area contributed by atoms with Crippen molar-refractivity contribution in [2.75, 3.05) is 13.2 Å². The number of nitrogens with zero attached hydrogens (tertiary/aromatic N) is 4. The van der Waals surface area contributed by atoms with Crippen molar-refractivity contribution in [1.82, 2.24) is 25.5 Å². The molecule has 1 saturated heterocycles. The molecule has 3 aromatic rings. The lowest BCUT2D eigenvalue weighted by Crippen LogP contribution is -2.43. The van der Waals surface area contributed by atoms with E-state index in [0.29, 0.717) is 35.3 Å². The Morgan fingerprint density at radius 3 is 2.81 bits per heavy atom. The first-order chi connectivity index (χ1) is 15.0. The predicted octanol–water partition coefficient (Wildman–Crippen LogP) is 3.39. The Labute approximate surface area is 185 Å². The average Bonchev–Trinajstić information content (AvgIpc) is 3.26. The molecule has 31 heavy (non-hydrogen) atoms. The number of carbonyl (C=O) groups excluding carboxylic acids is 1. The molecule has 1 aliphatic rings. The minimum absolute atomic E-state index is 0.111. The van der Waals surface area contributed by atoms with Gasteiger partial charge < -0.3 is 19.2 Å². The van der Waals surface area contributed by atoms with E-state index >= 15 is 0 Å². The van der Waals surface area contributed by atoms with Crippen molar-refractivity contribution in [2.45, 2.75) is 25.0 Å². The summed E-state index contributed by atoms with van der Waals surface area (Å²) in [5, 5.41) is 11.0. The molecule has 162 valence electrons. The number of halogens is 3. The lowest BCUT2D eigenvalue weighted by molar-refractivity contribution is -0.125. The van der Waals surface area contributed by atoms with E-state index in [2.05, 4.69) is 25.5 Å². The zero-order valence-electron chi connectivity index (χ0n) is 15.9. The largest absolute Gasteiger partial charge is 0.482 e. The van der Waals surface area contributed by atoms with Gasteiger partial charge in [0.25, 0.3) is 5.91 Å². The van der Waals surface area contributed by atoms with Gasteiger partial charge in [-0.05, 0) is 25.0 Å². The molecule has 3 aromatic heterocycles. The quantitative estimate of drug-likeness (QED) is 0.548. The highest BCUT2D eigenvalue weighted by Crippen LogP contribution is 2.29. The zero-order chi connectivity index (χ0) is 21.8. The summed E-state index contributed by atoms with van der Waals surface area (Å²) >= 11 is 11.3. The van der Waals surface area contributed by atoms with Gasteiger partial charge in [0.05, 0.1) is 24.4 Å². The Bertz CT molecular complexity index is 1060. The molecule has 0 bridgehead atoms. The standard InChI is InChI=1S/C19H16Cl2FN5O4/c20-15-4-1-10(6-23-15)18-26-27-19(31-18)14-3-2-11(8-30-14)25-16(28)9-29-12-5-13(22)17(21)24-7-12/h1,4-7,11,14H,2-3,8-9H2,(H,25,28)/t11-,14+/m1/s1. The fourth-order valence-electron chi connectivity index (χ4n) is 2.94. The van der Waals surface area contributed by atoms with Crippen LogP contribution in [-0.2, 0) is 9.53 Å². The number of ether oxygens (including phenoxy) is 2. The minimum Gasteiger partial charge on any atom is -0.482 e. The van der Waals surface area contributed by atoms with Crippen LogP contribution in [0.25, 0.3) is 11.5 Å². The molecule has 12 heteroatoms. The molecule has 2 atom stereocenters. The van der Waals surface area contributed by atoms with Crippen molar-refractivity contribution in [3.05, 3.63) is 52.6 Å². The summed E-state index contributed by atoms with van der Waals surface area (Å²) in [6.07, 6.45) is 3.65. The van der Waals surface area contributed by atoms with Gasteiger partial charge in [0.2, 0.25) is 11.8 Å². The number of nitrogens with one attached hydrogen (secondary N) is 1. The van der Waals surface area contributed by atoms with Gasteiger partial charge in [-0.15, -0.1) is 10.2 Å². The number of rotatable bonds is 6. The molecule has 1 N–H and O–H groups in total. The second-order valence-electron chi connectivity index (χ2n) is 6.71. The van der Waals surface area contributed by atoms with Gasteiger partial charge in [0.1, 0.15) is 17.0 Å². The molecule has 0 saturated carbocycles. The first-order valence-corrected chi connectivity index (χ1v) is 10.0. The molecular weight excluding hydrogens is 452 g/mol. The number of carbonyl (C=O) groups is 1. The highest BCUT2D eigenvalue weighted by Gasteiger charge is 2.28. The lowest BCUT2D eigenvalue weighted by Gasteiger charge is -2.27. The first kappa shape index (κ1) is 21.4. The summed E-state index contributed by atoms with van der Waals surface area (Å²) in [5.41, 5.74) is 0.653. The summed E-state index contributed by atoms with van der Waals surface area (Å²) in [6.45, 7) is -0.0153. The topological polar surface area (TPSA) is 112 Å². The number of amides is 1. The Morgan fingerprint density at radius 2 is 2.10 bits per heavy atom. The van der Waals surface area contributed by atoms with Crippen LogP contribution in [0.2, 0.25) is 10.3 Å². The molecule has 0 unspecified atom stereocenters. The van der Waals surface area contributed by atoms with Crippen LogP contribution in [-0.4, -0.2) is 45.3 Å². The molecule has 9 nitrogen and oxygen atoms in total. The molecule has 1 amide bonds. The van der Waals surface area contributed by atoms with Crippen molar-refractivity contribution in [3.63, 3.8) is 0 Å². The van der Waals surface area contributed by atoms with Gasteiger partial charge in [-0.2, -0.15) is 0 Å². The second-order valence-corrected chi connectivity index (χ2v) is 7.46. The monoisotopic (exact) mass is 467 g/mol. The summed E-state index contributed by atoms with van der Waals surface area (Å²) in [7, 11) is 0. The van der Waals surface area contributed by atoms with Crippen LogP contribution in [0, 0.1) is 5.82 Å². The Morgan fingerprint density at radius 1 is 1.23 bits per heavy atom. The van der Waals surface area contributed by atoms with Gasteiger partial charge in [0, 0.05) is 12.3 Å². The molecule has 4 heterocycles. The number of aromatic nitrogens is 4. The third-order valence-corrected chi connectivity index (χ3v) is 4.97. The molecule has 0 aromatic carbocycles. The van der Waals surface area contributed by atoms with E-state index in [0.717, 1.165) is 6.07 Å². The van der Waals surface area contributed by atoms with Gasteiger partial charge in [-0.25, -0.2) is 14.4 Å². The molecule has 0 radical (unpaired) electrons. The van der Waals surface area contributed by atoms with E-state index < -0.39 is 5.82 Å². The third-order valence-electron chi connectivity index (χ3n) is 4.47. The van der Waals surface area contributed by atoms with Crippen LogP contribution in [0.4, 0.5) is 4.39 Å². The summed E-state index contributed by atoms with van der Waals surface area (Å²) < 4.78 is 30.0. The maximum absolute atomic E-state index is 13.3. The van der Waals surface area contributed by atoms with Crippen LogP contribution in [0.5, 0.6) is 5.75 Å². The van der Waals surface area contributed by atoms with Crippen LogP contribution in [0.1, 0.15) is 24.8 Å². The molecule has 4 rings (SSSR count). The first-order valence-electron chi connectivity index (χ1n) is 9.28. The number of pyridine rings is 2. The molecule has 1 aliphatic heterocycles. The summed E-state index contributed by atoms with van der Waals surface area (Å²) in [4.78, 5) is 19.7. The van der Waals surface area contributed by atoms with Gasteiger partial charge in [-0.3, -0.25) is 4.79 Å². The highest BCUT2D eigenvalue weighted by atomic mass is 35.5. The van der Waals surface area contributed by atoms with Crippen LogP contribution in [0.15, 0.2) is 35.0 Å². The van der Waals surface area contributed by atoms with Crippen LogP contribution < -0.4 is 10.1 Å². The van der Waals surface area contributed by atoms with Crippen molar-refractivity contribution in [3.8, 4) is 17.2 Å². The molecule has 1 fully saturated rings. The van der Waals surface area contributed by atoms with Crippen molar-refractivity contribution in [1.29, 1.82) is 0 Å². The smallest absolute Gasteiger partial charge is 0.258 e. The fraction of sp³-hybridized carbons (Fsp3) is 0.316. The van der Waals surface area contributed by atoms with E-state index in [1.807, 2.05) is 0 Å². The summed E-state index contributed by atoms with van der Waals surface area (Å²) in [6, 6.07) is 4.23. The Hall–Kier alpha value is -2.82. The third kappa shape index (κ3) is 5.46. The van der Waals surface area contributed by atoms with Crippen molar-refractivity contribution >= 4 is 29.1 Å². The summed E-state index contributed by atoms with van der Waals surface area (Å²) in [5.74, 6) is -0.292. The van der Waals surface area contributed by atoms with Crippen LogP contribution in [0.3, 0.4) is 0 Å². The van der Waals surface area contributed by atoms with Gasteiger partial charge in [-0.1, -0.05) is 23.2 Å². The lowest BCUT2D eigenvalue weighted by atomic mass is 10.0. The van der Waals surface area contributed by atoms with E-state index in [-0.39, 0.29) is 42.2 Å². The van der Waals surface area contributed by atoms with Crippen LogP contribution >= 0.6 is 23.2 Å². The average molecular weight is 468 g/mol. The van der Waals surface area contributed by atoms with E-state index in [9.17, 15) is 9.18 Å². The van der Waals surface area contributed by atoms with Crippen molar-refractivity contribution < 1.29 is 23.1 Å². The van der Waals surface area contributed by atoms with E-state index in [4.69, 9.17) is 37.1 Å². The number of hydrogen-bond donors (Lipinski definition) is 1. The normalized spacial score (nSPS) is 18.5. The van der Waals surface area contributed by atoms with Crippen molar-refractivity contribution in [2.24, 2.45) is 0 Å². The van der Waals surface area contributed by atoms with E-state index in [1.165, 1.54) is 6.20 Å². The SMILES string of the molecule is O=C(COc1cnc(Cl)c(F)c1)N[C@@H]1CC[C@@H](c2nnc(-c3ccc(Cl)nc3)o2)OC1. The van der Waals surface area contributed by atoms with Gasteiger partial charge in [0.15, 0.2) is 17.6 Å². The maximum Gasteiger partial charge on any atom is 0.258 e. The number of hydrogen-bond acceptors (Lipinski definition) is 8. The minimum atomic E-state index is -0.720. The highest BCUT2D eigenvalue weighted by molar-refractivity contribution is 6.29. The molecule has 0 spiro atoms. The predicted molar refractivity (Wildman–Crippen MR) is 107 cm³/mol. The van der Waals surface area contributed by atoms with E-state index in [1.54, 1.807) is 18.3 Å². The van der Waals surface area contributed by atoms with Gasteiger partial charge >= 0.3 is 0 Å². The maximum atomic E-state index is 13.3. The second kappa shape index (κ2) is 9.54. The fourth-order valence-corrected chi connectivity index (χ4v) is 3.16. The molecular formula is C19H16Cl2FN5O4. The Balaban J connectivity index is 1.24. The molecule has 0 aliphatic carbocycles. The Kier molecular flexibility index (Phi) is 6.59. The zero-order valence-corrected chi connectivity index (χ0v) is 17.4.